The van der Waals surface area contributed by atoms with Crippen LogP contribution in [0.1, 0.15) is 253 Å². The van der Waals surface area contributed by atoms with Gasteiger partial charge in [0.2, 0.25) is 0 Å². The minimum absolute atomic E-state index is 0.0442. The van der Waals surface area contributed by atoms with Gasteiger partial charge in [-0.3, -0.25) is 19.4 Å². The topological polar surface area (TPSA) is 81.1 Å². The highest BCUT2D eigenvalue weighted by Crippen LogP contribution is 2.74. The van der Waals surface area contributed by atoms with Gasteiger partial charge in [-0.25, -0.2) is 0 Å². The maximum absolute atomic E-state index is 15.7. The smallest absolute Gasteiger partial charge is 0.310 e. The molecule has 0 spiro atoms. The van der Waals surface area contributed by atoms with E-state index in [2.05, 4.69) is 218 Å². The molecule has 2 N–H and O–H groups in total. The van der Waals surface area contributed by atoms with Gasteiger partial charge in [-0.1, -0.05) is 166 Å². The second-order valence-electron chi connectivity index (χ2n) is 31.3. The molecule has 0 aromatic rings. The zero-order valence-corrected chi connectivity index (χ0v) is 47.2. The number of carbonyl (C=O) groups is 2. The summed E-state index contributed by atoms with van der Waals surface area (Å²) < 4.78 is 0. The molecule has 2 rings (SSSR count). The summed E-state index contributed by atoms with van der Waals surface area (Å²) in [5, 5.41) is 23.2. The van der Waals surface area contributed by atoms with Gasteiger partial charge in [0.15, 0.2) is 0 Å². The van der Waals surface area contributed by atoms with E-state index in [0.717, 1.165) is 0 Å². The number of aliphatic carboxylic acids is 2. The largest absolute Gasteiger partial charge is 0.481 e. The van der Waals surface area contributed by atoms with Crippen LogP contribution in [-0.2, 0) is 9.59 Å². The molecule has 2 aliphatic rings. The molecule has 2 aliphatic heterocycles. The molecule has 0 amide bonds. The first-order valence-electron chi connectivity index (χ1n) is 24.8. The lowest BCUT2D eigenvalue weighted by atomic mass is 9.38. The number of likely N-dealkylation sites (tertiary alicyclic amines) is 2. The molecular formula is C56H108N2O4. The Hall–Kier alpha value is -1.14. The maximum Gasteiger partial charge on any atom is 0.310 e. The number of carboxylic acid groups (broad SMARTS) is 2. The second-order valence-corrected chi connectivity index (χ2v) is 31.3. The fraction of sp³-hybridized carbons (Fsp3) is 0.964. The third-order valence-electron chi connectivity index (χ3n) is 17.8. The van der Waals surface area contributed by atoms with Gasteiger partial charge in [-0.05, 0) is 135 Å². The molecule has 366 valence electrons. The Labute approximate surface area is 386 Å². The van der Waals surface area contributed by atoms with Crippen molar-refractivity contribution in [2.75, 3.05) is 0 Å². The molecule has 0 saturated carbocycles. The van der Waals surface area contributed by atoms with Gasteiger partial charge >= 0.3 is 11.9 Å². The number of nitrogens with zero attached hydrogens (tertiary/aromatic N) is 2. The lowest BCUT2D eigenvalue weighted by molar-refractivity contribution is -0.301. The van der Waals surface area contributed by atoms with Crippen LogP contribution in [0, 0.1) is 60.6 Å². The maximum atomic E-state index is 15.7. The SMILES string of the molecule is CC(C)(C)N1C(C(C)(C)C)(C(C)(C)C)CC(C(CCCC(=O)O)(C(=O)O)C2CC(C(C)(C)C)(C(C)(C)C)N(C(C)(C)C)C(C(C)(C)C)(C(C)(C)C)C2)CC1(C(C)(C)C)C(C)(C)C. The third kappa shape index (κ3) is 8.54. The first kappa shape index (κ1) is 57.0. The molecule has 0 aromatic carbocycles. The predicted octanol–water partition coefficient (Wildman–Crippen LogP) is 15.7. The summed E-state index contributed by atoms with van der Waals surface area (Å²) in [6, 6.07) is 0. The number of hydrogen-bond acceptors (Lipinski definition) is 4. The molecule has 6 nitrogen and oxygen atoms in total. The molecule has 6 heteroatoms. The lowest BCUT2D eigenvalue weighted by Crippen LogP contribution is -2.85. The molecule has 0 aliphatic carbocycles. The van der Waals surface area contributed by atoms with Crippen LogP contribution in [0.4, 0.5) is 0 Å². The Kier molecular flexibility index (Phi) is 14.7. The second kappa shape index (κ2) is 16.0. The molecule has 0 atom stereocenters. The van der Waals surface area contributed by atoms with Crippen molar-refractivity contribution >= 4 is 11.9 Å². The summed E-state index contributed by atoms with van der Waals surface area (Å²) in [5.74, 6) is -2.10. The van der Waals surface area contributed by atoms with Crippen molar-refractivity contribution < 1.29 is 19.8 Å². The van der Waals surface area contributed by atoms with Gasteiger partial charge in [-0.15, -0.1) is 0 Å². The summed E-state index contributed by atoms with van der Waals surface area (Å²) in [6.07, 6.45) is 3.45. The van der Waals surface area contributed by atoms with Gasteiger partial charge in [0.05, 0.1) is 5.41 Å². The van der Waals surface area contributed by atoms with E-state index in [1.54, 1.807) is 0 Å². The highest BCUT2D eigenvalue weighted by Gasteiger charge is 2.77. The molecular weight excluding hydrogens is 765 g/mol. The van der Waals surface area contributed by atoms with E-state index in [-0.39, 0.29) is 72.7 Å². The van der Waals surface area contributed by atoms with E-state index in [1.165, 1.54) is 0 Å². The highest BCUT2D eigenvalue weighted by atomic mass is 16.4. The van der Waals surface area contributed by atoms with Gasteiger partial charge in [-0.2, -0.15) is 0 Å². The monoisotopic (exact) mass is 873 g/mol. The molecule has 0 unspecified atom stereocenters. The van der Waals surface area contributed by atoms with Crippen molar-refractivity contribution in [3.8, 4) is 0 Å². The Balaban J connectivity index is 3.73. The van der Waals surface area contributed by atoms with Crippen LogP contribution in [0.2, 0.25) is 0 Å². The highest BCUT2D eigenvalue weighted by molar-refractivity contribution is 5.76. The van der Waals surface area contributed by atoms with E-state index in [0.29, 0.717) is 38.5 Å². The predicted molar refractivity (Wildman–Crippen MR) is 267 cm³/mol. The Morgan fingerprint density at radius 3 is 0.726 bits per heavy atom. The van der Waals surface area contributed by atoms with Gasteiger partial charge in [0.1, 0.15) is 0 Å². The van der Waals surface area contributed by atoms with Crippen molar-refractivity contribution in [1.29, 1.82) is 0 Å². The standard InChI is InChI=1S/C56H108N2O4/c1-42(2,3)53(43(4,5)6)34-38(35-54(44(7,8)9,45(10,11)12)57(53)50(25,26)27)52(41(61)62,33-31-32-40(59)60)39-36-55(46(13,14)15,47(16,17)18)58(51(28,29)30)56(37-39,48(19,20)21)49(22,23)24/h38-39H,31-37H2,1-30H3,(H,59,60)(H,61,62). The van der Waals surface area contributed by atoms with Crippen LogP contribution in [0.15, 0.2) is 0 Å². The molecule has 62 heavy (non-hydrogen) atoms. The van der Waals surface area contributed by atoms with Crippen molar-refractivity contribution in [3.05, 3.63) is 0 Å². The zero-order valence-electron chi connectivity index (χ0n) is 47.2. The molecule has 2 heterocycles. The van der Waals surface area contributed by atoms with E-state index in [9.17, 15) is 15.0 Å². The van der Waals surface area contributed by atoms with E-state index in [4.69, 9.17) is 0 Å². The van der Waals surface area contributed by atoms with Crippen LogP contribution < -0.4 is 0 Å². The van der Waals surface area contributed by atoms with E-state index in [1.807, 2.05) is 0 Å². The van der Waals surface area contributed by atoms with Gasteiger partial charge < -0.3 is 10.2 Å². The summed E-state index contributed by atoms with van der Waals surface area (Å²) >= 11 is 0. The van der Waals surface area contributed by atoms with Gasteiger partial charge in [0.25, 0.3) is 0 Å². The normalized spacial score (nSPS) is 22.5. The van der Waals surface area contributed by atoms with Crippen molar-refractivity contribution in [2.24, 2.45) is 60.6 Å². The molecule has 0 radical (unpaired) electrons. The summed E-state index contributed by atoms with van der Waals surface area (Å²) in [4.78, 5) is 34.3. The average molecular weight is 873 g/mol. The van der Waals surface area contributed by atoms with E-state index >= 15 is 4.79 Å². The molecule has 0 bridgehead atoms. The fourth-order valence-corrected chi connectivity index (χ4v) is 17.0. The number of hydrogen-bond donors (Lipinski definition) is 2. The van der Waals surface area contributed by atoms with Crippen LogP contribution in [0.5, 0.6) is 0 Å². The van der Waals surface area contributed by atoms with Crippen LogP contribution in [-0.4, -0.2) is 65.2 Å². The quantitative estimate of drug-likeness (QED) is 0.265. The van der Waals surface area contributed by atoms with Crippen molar-refractivity contribution in [1.82, 2.24) is 9.80 Å². The third-order valence-corrected chi connectivity index (χ3v) is 17.8. The minimum Gasteiger partial charge on any atom is -0.481 e. The first-order chi connectivity index (χ1) is 26.7. The van der Waals surface area contributed by atoms with Crippen molar-refractivity contribution in [2.45, 2.75) is 286 Å². The van der Waals surface area contributed by atoms with Crippen LogP contribution >= 0.6 is 0 Å². The Bertz CT molecular complexity index is 1350. The first-order valence-corrected chi connectivity index (χ1v) is 24.8. The Morgan fingerprint density at radius 1 is 0.403 bits per heavy atom. The molecule has 0 aromatic heterocycles. The van der Waals surface area contributed by atoms with E-state index < -0.39 is 39.5 Å². The van der Waals surface area contributed by atoms with Crippen LogP contribution in [0.25, 0.3) is 0 Å². The average Bonchev–Trinajstić information content (AvgIpc) is 2.96. The summed E-state index contributed by atoms with van der Waals surface area (Å²) in [6.45, 7) is 72.3. The summed E-state index contributed by atoms with van der Waals surface area (Å²) in [7, 11) is 0. The number of carboxylic acids is 2. The lowest BCUT2D eigenvalue weighted by Gasteiger charge is -2.80. The minimum atomic E-state index is -1.24. The zero-order chi connectivity index (χ0) is 49.9. The van der Waals surface area contributed by atoms with Crippen molar-refractivity contribution in [3.63, 3.8) is 0 Å². The number of piperidine rings is 2. The van der Waals surface area contributed by atoms with Gasteiger partial charge in [0, 0.05) is 39.7 Å². The Morgan fingerprint density at radius 2 is 0.597 bits per heavy atom. The fourth-order valence-electron chi connectivity index (χ4n) is 17.0. The molecule has 2 saturated heterocycles. The summed E-state index contributed by atoms with van der Waals surface area (Å²) in [5.41, 5.74) is -5.91. The van der Waals surface area contributed by atoms with Crippen LogP contribution in [0.3, 0.4) is 0 Å². The molecule has 2 fully saturated rings. The number of rotatable bonds is 7.